The van der Waals surface area contributed by atoms with Crippen molar-refractivity contribution < 1.29 is 8.42 Å². The molecule has 0 aliphatic heterocycles. The highest BCUT2D eigenvalue weighted by atomic mass is 32.2. The Morgan fingerprint density at radius 2 is 2.14 bits per heavy atom. The quantitative estimate of drug-likeness (QED) is 0.807. The van der Waals surface area contributed by atoms with Crippen LogP contribution in [0.1, 0.15) is 24.4 Å². The summed E-state index contributed by atoms with van der Waals surface area (Å²) in [6, 6.07) is 3.87. The van der Waals surface area contributed by atoms with Crippen molar-refractivity contribution in [3.8, 4) is 0 Å². The summed E-state index contributed by atoms with van der Waals surface area (Å²) in [4.78, 5) is 1.32. The maximum Gasteiger partial charge on any atom is 0.241 e. The molecule has 2 rings (SSSR count). The first-order valence-corrected chi connectivity index (χ1v) is 9.02. The van der Waals surface area contributed by atoms with E-state index < -0.39 is 10.0 Å². The minimum atomic E-state index is -3.48. The first kappa shape index (κ1) is 16.2. The molecular formula is C13H20N4O2S2. The Morgan fingerprint density at radius 3 is 2.76 bits per heavy atom. The number of hydrogen-bond donors (Lipinski definition) is 2. The van der Waals surface area contributed by atoms with Crippen molar-refractivity contribution in [2.24, 2.45) is 7.05 Å². The van der Waals surface area contributed by atoms with Gasteiger partial charge in [0.2, 0.25) is 10.0 Å². The Balaban J connectivity index is 2.01. The van der Waals surface area contributed by atoms with Gasteiger partial charge in [-0.25, -0.2) is 13.1 Å². The van der Waals surface area contributed by atoms with Gasteiger partial charge in [0.1, 0.15) is 0 Å². The highest BCUT2D eigenvalue weighted by Gasteiger charge is 2.16. The van der Waals surface area contributed by atoms with Crippen LogP contribution in [0.2, 0.25) is 0 Å². The van der Waals surface area contributed by atoms with E-state index in [1.807, 2.05) is 0 Å². The molecule has 2 aromatic heterocycles. The monoisotopic (exact) mass is 328 g/mol. The molecule has 21 heavy (non-hydrogen) atoms. The Hall–Kier alpha value is -1.22. The summed E-state index contributed by atoms with van der Waals surface area (Å²) in [5, 5.41) is 8.95. The summed E-state index contributed by atoms with van der Waals surface area (Å²) in [7, 11) is -1.70. The lowest BCUT2D eigenvalue weighted by atomic mass is 10.4. The fraction of sp³-hybridized carbons (Fsp3) is 0.462. The fourth-order valence-electron chi connectivity index (χ4n) is 1.73. The van der Waals surface area contributed by atoms with Crippen molar-refractivity contribution in [1.82, 2.24) is 19.8 Å². The third-order valence-corrected chi connectivity index (χ3v) is 5.46. The van der Waals surface area contributed by atoms with Gasteiger partial charge < -0.3 is 5.32 Å². The van der Waals surface area contributed by atoms with E-state index in [1.165, 1.54) is 11.3 Å². The molecule has 116 valence electrons. The number of thiophene rings is 1. The number of aromatic nitrogens is 2. The Labute approximate surface area is 129 Å². The number of hydrogen-bond acceptors (Lipinski definition) is 5. The van der Waals surface area contributed by atoms with Gasteiger partial charge in [0.25, 0.3) is 0 Å². The molecule has 2 heterocycles. The van der Waals surface area contributed by atoms with Crippen molar-refractivity contribution >= 4 is 21.4 Å². The van der Waals surface area contributed by atoms with E-state index in [4.69, 9.17) is 0 Å². The SMILES string of the molecule is CC(C)NCc1cc(S(=O)(=O)NCc2ccnn2C)cs1. The van der Waals surface area contributed by atoms with Gasteiger partial charge in [-0.3, -0.25) is 4.68 Å². The van der Waals surface area contributed by atoms with Crippen molar-refractivity contribution in [2.45, 2.75) is 37.9 Å². The van der Waals surface area contributed by atoms with E-state index in [2.05, 4.69) is 29.0 Å². The van der Waals surface area contributed by atoms with Crippen LogP contribution in [-0.4, -0.2) is 24.2 Å². The Morgan fingerprint density at radius 1 is 1.38 bits per heavy atom. The molecule has 2 aromatic rings. The number of aryl methyl sites for hydroxylation is 1. The molecule has 0 aromatic carbocycles. The first-order valence-electron chi connectivity index (χ1n) is 6.66. The smallest absolute Gasteiger partial charge is 0.241 e. The molecule has 0 spiro atoms. The first-order chi connectivity index (χ1) is 9.88. The third-order valence-electron chi connectivity index (χ3n) is 2.99. The summed E-state index contributed by atoms with van der Waals surface area (Å²) in [5.41, 5.74) is 0.815. The number of nitrogens with zero attached hydrogens (tertiary/aromatic N) is 2. The molecule has 8 heteroatoms. The van der Waals surface area contributed by atoms with Crippen LogP contribution in [0.25, 0.3) is 0 Å². The maximum absolute atomic E-state index is 12.2. The topological polar surface area (TPSA) is 76.0 Å². The molecule has 0 saturated carbocycles. The van der Waals surface area contributed by atoms with Crippen LogP contribution >= 0.6 is 11.3 Å². The van der Waals surface area contributed by atoms with E-state index in [0.717, 1.165) is 10.6 Å². The lowest BCUT2D eigenvalue weighted by Crippen LogP contribution is -2.24. The molecule has 0 aliphatic carbocycles. The Bertz CT molecular complexity index is 689. The van der Waals surface area contributed by atoms with Crippen LogP contribution in [0.3, 0.4) is 0 Å². The van der Waals surface area contributed by atoms with Crippen molar-refractivity contribution in [3.63, 3.8) is 0 Å². The number of sulfonamides is 1. The van der Waals surface area contributed by atoms with E-state index >= 15 is 0 Å². The maximum atomic E-state index is 12.2. The largest absolute Gasteiger partial charge is 0.310 e. The van der Waals surface area contributed by atoms with Gasteiger partial charge in [0, 0.05) is 36.1 Å². The zero-order valence-corrected chi connectivity index (χ0v) is 14.0. The summed E-state index contributed by atoms with van der Waals surface area (Å²) in [5.74, 6) is 0. The second-order valence-corrected chi connectivity index (χ2v) is 7.82. The normalized spacial score (nSPS) is 12.2. The predicted octanol–water partition coefficient (Wildman–Crippen LogP) is 1.46. The van der Waals surface area contributed by atoms with Gasteiger partial charge in [-0.15, -0.1) is 11.3 Å². The van der Waals surface area contributed by atoms with Crippen LogP contribution in [-0.2, 0) is 30.2 Å². The van der Waals surface area contributed by atoms with E-state index in [0.29, 0.717) is 17.5 Å². The van der Waals surface area contributed by atoms with Gasteiger partial charge in [0.15, 0.2) is 0 Å². The lowest BCUT2D eigenvalue weighted by Gasteiger charge is -2.06. The molecule has 0 atom stereocenters. The minimum absolute atomic E-state index is 0.230. The second kappa shape index (κ2) is 6.69. The lowest BCUT2D eigenvalue weighted by molar-refractivity contribution is 0.577. The minimum Gasteiger partial charge on any atom is -0.310 e. The molecule has 6 nitrogen and oxygen atoms in total. The zero-order valence-electron chi connectivity index (χ0n) is 12.3. The molecule has 0 bridgehead atoms. The molecular weight excluding hydrogens is 308 g/mol. The molecule has 0 amide bonds. The highest BCUT2D eigenvalue weighted by Crippen LogP contribution is 2.19. The summed E-state index contributed by atoms with van der Waals surface area (Å²) in [6.45, 7) is 5.02. The average molecular weight is 328 g/mol. The molecule has 0 saturated heterocycles. The predicted molar refractivity (Wildman–Crippen MR) is 83.5 cm³/mol. The summed E-state index contributed by atoms with van der Waals surface area (Å²) in [6.07, 6.45) is 1.64. The van der Waals surface area contributed by atoms with Crippen LogP contribution in [0, 0.1) is 0 Å². The average Bonchev–Trinajstić information content (AvgIpc) is 3.03. The molecule has 0 aliphatic rings. The standard InChI is InChI=1S/C13H20N4O2S2/c1-10(2)14-8-12-6-13(9-20-12)21(18,19)16-7-11-4-5-15-17(11)3/h4-6,9-10,14,16H,7-8H2,1-3H3. The number of rotatable bonds is 7. The van der Waals surface area contributed by atoms with Gasteiger partial charge in [-0.2, -0.15) is 5.10 Å². The number of nitrogens with one attached hydrogen (secondary N) is 2. The van der Waals surface area contributed by atoms with Crippen molar-refractivity contribution in [3.05, 3.63) is 34.3 Å². The van der Waals surface area contributed by atoms with Crippen LogP contribution in [0.5, 0.6) is 0 Å². The Kier molecular flexibility index (Phi) is 5.15. The molecule has 0 unspecified atom stereocenters. The van der Waals surface area contributed by atoms with E-state index in [1.54, 1.807) is 35.4 Å². The molecule has 0 radical (unpaired) electrons. The van der Waals surface area contributed by atoms with Gasteiger partial charge in [-0.1, -0.05) is 13.8 Å². The van der Waals surface area contributed by atoms with Gasteiger partial charge in [-0.05, 0) is 12.1 Å². The van der Waals surface area contributed by atoms with Gasteiger partial charge in [0.05, 0.1) is 17.1 Å². The van der Waals surface area contributed by atoms with E-state index in [9.17, 15) is 8.42 Å². The summed E-state index contributed by atoms with van der Waals surface area (Å²) >= 11 is 1.45. The van der Waals surface area contributed by atoms with Crippen molar-refractivity contribution in [1.29, 1.82) is 0 Å². The molecule has 0 fully saturated rings. The van der Waals surface area contributed by atoms with Gasteiger partial charge >= 0.3 is 0 Å². The third kappa shape index (κ3) is 4.37. The highest BCUT2D eigenvalue weighted by molar-refractivity contribution is 7.89. The van der Waals surface area contributed by atoms with Crippen molar-refractivity contribution in [2.75, 3.05) is 0 Å². The fourth-order valence-corrected chi connectivity index (χ4v) is 3.95. The van der Waals surface area contributed by atoms with E-state index in [-0.39, 0.29) is 6.54 Å². The second-order valence-electron chi connectivity index (χ2n) is 5.06. The summed E-state index contributed by atoms with van der Waals surface area (Å²) < 4.78 is 28.7. The van der Waals surface area contributed by atoms with Crippen LogP contribution in [0.15, 0.2) is 28.6 Å². The zero-order chi connectivity index (χ0) is 15.5. The van der Waals surface area contributed by atoms with Crippen LogP contribution < -0.4 is 10.0 Å². The molecule has 2 N–H and O–H groups in total. The van der Waals surface area contributed by atoms with Crippen LogP contribution in [0.4, 0.5) is 0 Å².